The highest BCUT2D eigenvalue weighted by atomic mass is 35.5. The van der Waals surface area contributed by atoms with E-state index in [9.17, 15) is 9.59 Å². The first-order valence-corrected chi connectivity index (χ1v) is 7.95. The largest absolute Gasteiger partial charge is 0.366 e. The van der Waals surface area contributed by atoms with Crippen LogP contribution in [0.4, 0.5) is 5.69 Å². The molecule has 0 spiro atoms. The zero-order chi connectivity index (χ0) is 16.1. The molecule has 0 saturated carbocycles. The minimum atomic E-state index is -0.609. The zero-order valence-electron chi connectivity index (χ0n) is 12.7. The lowest BCUT2D eigenvalue weighted by molar-refractivity contribution is -0.117. The molecule has 1 saturated heterocycles. The van der Waals surface area contributed by atoms with Crippen LogP contribution in [-0.2, 0) is 4.79 Å². The Balaban J connectivity index is 1.94. The highest BCUT2D eigenvalue weighted by molar-refractivity contribution is 6.33. The third kappa shape index (κ3) is 4.45. The number of piperidine rings is 1. The van der Waals surface area contributed by atoms with E-state index in [2.05, 4.69) is 17.6 Å². The summed E-state index contributed by atoms with van der Waals surface area (Å²) in [4.78, 5) is 23.4. The van der Waals surface area contributed by atoms with Crippen molar-refractivity contribution in [2.75, 3.05) is 18.4 Å². The van der Waals surface area contributed by atoms with Gasteiger partial charge in [0.25, 0.3) is 0 Å². The minimum absolute atomic E-state index is 0.0594. The summed E-state index contributed by atoms with van der Waals surface area (Å²) < 4.78 is 0. The summed E-state index contributed by atoms with van der Waals surface area (Å²) in [5.74, 6) is 0.181. The van der Waals surface area contributed by atoms with Crippen molar-refractivity contribution in [3.63, 3.8) is 0 Å². The van der Waals surface area contributed by atoms with Gasteiger partial charge in [0, 0.05) is 12.1 Å². The fourth-order valence-corrected chi connectivity index (χ4v) is 3.04. The van der Waals surface area contributed by atoms with Crippen LogP contribution in [0.5, 0.6) is 0 Å². The van der Waals surface area contributed by atoms with Crippen LogP contribution in [0.3, 0.4) is 0 Å². The van der Waals surface area contributed by atoms with Gasteiger partial charge in [0.15, 0.2) is 0 Å². The Morgan fingerprint density at radius 2 is 2.27 bits per heavy atom. The van der Waals surface area contributed by atoms with Gasteiger partial charge >= 0.3 is 0 Å². The predicted molar refractivity (Wildman–Crippen MR) is 88.0 cm³/mol. The average Bonchev–Trinajstić information content (AvgIpc) is 2.49. The molecular weight excluding hydrogens is 302 g/mol. The first-order chi connectivity index (χ1) is 10.5. The van der Waals surface area contributed by atoms with Gasteiger partial charge in [-0.15, -0.1) is 0 Å². The summed E-state index contributed by atoms with van der Waals surface area (Å²) in [5.41, 5.74) is 6.00. The molecule has 1 aromatic rings. The second kappa shape index (κ2) is 7.61. The van der Waals surface area contributed by atoms with Gasteiger partial charge in [0.1, 0.15) is 0 Å². The molecule has 1 fully saturated rings. The molecular formula is C16H22ClN3O2. The van der Waals surface area contributed by atoms with Gasteiger partial charge in [0.2, 0.25) is 11.8 Å². The molecule has 2 amide bonds. The predicted octanol–water partition coefficient (Wildman–Crippen LogP) is 2.40. The van der Waals surface area contributed by atoms with E-state index in [4.69, 9.17) is 17.3 Å². The van der Waals surface area contributed by atoms with E-state index in [0.717, 1.165) is 25.9 Å². The maximum Gasteiger partial charge on any atom is 0.250 e. The van der Waals surface area contributed by atoms with Crippen LogP contribution in [0.25, 0.3) is 0 Å². The molecule has 2 unspecified atom stereocenters. The summed E-state index contributed by atoms with van der Waals surface area (Å²) in [6.45, 7) is 4.14. The van der Waals surface area contributed by atoms with Gasteiger partial charge in [-0.05, 0) is 56.0 Å². The van der Waals surface area contributed by atoms with Gasteiger partial charge in [-0.2, -0.15) is 0 Å². The highest BCUT2D eigenvalue weighted by Crippen LogP contribution is 2.24. The highest BCUT2D eigenvalue weighted by Gasteiger charge is 2.22. The summed E-state index contributed by atoms with van der Waals surface area (Å²) >= 11 is 5.89. The van der Waals surface area contributed by atoms with Gasteiger partial charge in [0.05, 0.1) is 10.6 Å². The Kier molecular flexibility index (Phi) is 5.80. The van der Waals surface area contributed by atoms with Crippen LogP contribution in [0.2, 0.25) is 5.02 Å². The summed E-state index contributed by atoms with van der Waals surface area (Å²) in [6.07, 6.45) is 2.78. The van der Waals surface area contributed by atoms with Gasteiger partial charge in [-0.1, -0.05) is 18.5 Å². The van der Waals surface area contributed by atoms with Crippen LogP contribution < -0.4 is 16.4 Å². The Hall–Kier alpha value is -1.59. The maximum atomic E-state index is 12.2. The number of nitrogens with two attached hydrogens (primary N) is 1. The number of rotatable bonds is 5. The van der Waals surface area contributed by atoms with Crippen molar-refractivity contribution in [2.45, 2.75) is 26.2 Å². The van der Waals surface area contributed by atoms with E-state index in [-0.39, 0.29) is 16.5 Å². The smallest absolute Gasteiger partial charge is 0.250 e. The Morgan fingerprint density at radius 3 is 2.91 bits per heavy atom. The normalized spacial score (nSPS) is 19.5. The molecule has 2 rings (SSSR count). The zero-order valence-corrected chi connectivity index (χ0v) is 13.5. The molecule has 22 heavy (non-hydrogen) atoms. The van der Waals surface area contributed by atoms with E-state index in [1.165, 1.54) is 6.07 Å². The molecule has 0 aromatic heterocycles. The summed E-state index contributed by atoms with van der Waals surface area (Å²) in [6, 6.07) is 4.74. The molecule has 5 nitrogen and oxygen atoms in total. The Labute approximate surface area is 135 Å². The first kappa shape index (κ1) is 16.8. The maximum absolute atomic E-state index is 12.2. The molecule has 0 radical (unpaired) electrons. The number of nitrogens with one attached hydrogen (secondary N) is 2. The number of carbonyl (C=O) groups excluding carboxylic acids is 2. The standard InChI is InChI=1S/C16H22ClN3O2/c1-10(11-3-2-6-19-9-11)7-15(21)20-12-4-5-14(17)13(8-12)16(18)22/h4-5,8,10-11,19H,2-3,6-7,9H2,1H3,(H2,18,22)(H,20,21). The third-order valence-corrected chi connectivity index (χ3v) is 4.49. The second-order valence-electron chi connectivity index (χ2n) is 5.89. The van der Waals surface area contributed by atoms with Crippen LogP contribution >= 0.6 is 11.6 Å². The van der Waals surface area contributed by atoms with Crippen molar-refractivity contribution in [2.24, 2.45) is 17.6 Å². The summed E-state index contributed by atoms with van der Waals surface area (Å²) in [7, 11) is 0. The minimum Gasteiger partial charge on any atom is -0.366 e. The lowest BCUT2D eigenvalue weighted by Gasteiger charge is -2.28. The SMILES string of the molecule is CC(CC(=O)Nc1ccc(Cl)c(C(N)=O)c1)C1CCCNC1. The van der Waals surface area contributed by atoms with Crippen molar-refractivity contribution in [1.29, 1.82) is 0 Å². The van der Waals surface area contributed by atoms with Crippen molar-refractivity contribution >= 4 is 29.1 Å². The Bertz CT molecular complexity index is 556. The van der Waals surface area contributed by atoms with Gasteiger partial charge in [-0.3, -0.25) is 9.59 Å². The molecule has 0 bridgehead atoms. The van der Waals surface area contributed by atoms with E-state index in [0.29, 0.717) is 23.9 Å². The van der Waals surface area contributed by atoms with Gasteiger partial charge < -0.3 is 16.4 Å². The van der Waals surface area contributed by atoms with Crippen molar-refractivity contribution < 1.29 is 9.59 Å². The van der Waals surface area contributed by atoms with Crippen LogP contribution in [0.1, 0.15) is 36.5 Å². The molecule has 0 aliphatic carbocycles. The molecule has 1 aromatic carbocycles. The fourth-order valence-electron chi connectivity index (χ4n) is 2.83. The van der Waals surface area contributed by atoms with Gasteiger partial charge in [-0.25, -0.2) is 0 Å². The third-order valence-electron chi connectivity index (χ3n) is 4.16. The quantitative estimate of drug-likeness (QED) is 0.778. The van der Waals surface area contributed by atoms with Crippen LogP contribution in [-0.4, -0.2) is 24.9 Å². The number of halogens is 1. The number of carbonyl (C=O) groups is 2. The second-order valence-corrected chi connectivity index (χ2v) is 6.30. The number of primary amides is 1. The first-order valence-electron chi connectivity index (χ1n) is 7.57. The number of hydrogen-bond acceptors (Lipinski definition) is 3. The molecule has 1 heterocycles. The summed E-state index contributed by atoms with van der Waals surface area (Å²) in [5, 5.41) is 6.46. The van der Waals surface area contributed by atoms with E-state index < -0.39 is 5.91 Å². The van der Waals surface area contributed by atoms with Crippen molar-refractivity contribution in [1.82, 2.24) is 5.32 Å². The molecule has 4 N–H and O–H groups in total. The average molecular weight is 324 g/mol. The molecule has 6 heteroatoms. The van der Waals surface area contributed by atoms with E-state index in [1.54, 1.807) is 12.1 Å². The lowest BCUT2D eigenvalue weighted by atomic mass is 9.85. The van der Waals surface area contributed by atoms with Crippen molar-refractivity contribution in [3.8, 4) is 0 Å². The lowest BCUT2D eigenvalue weighted by Crippen LogP contribution is -2.34. The number of anilines is 1. The van der Waals surface area contributed by atoms with E-state index >= 15 is 0 Å². The van der Waals surface area contributed by atoms with E-state index in [1.807, 2.05) is 0 Å². The fraction of sp³-hybridized carbons (Fsp3) is 0.500. The van der Waals surface area contributed by atoms with Crippen LogP contribution in [0.15, 0.2) is 18.2 Å². The monoisotopic (exact) mass is 323 g/mol. The van der Waals surface area contributed by atoms with Crippen molar-refractivity contribution in [3.05, 3.63) is 28.8 Å². The number of benzene rings is 1. The molecule has 1 aliphatic rings. The number of amides is 2. The Morgan fingerprint density at radius 1 is 1.50 bits per heavy atom. The molecule has 1 aliphatic heterocycles. The molecule has 2 atom stereocenters. The van der Waals surface area contributed by atoms with Crippen LogP contribution in [0, 0.1) is 11.8 Å². The topological polar surface area (TPSA) is 84.2 Å². The molecule has 120 valence electrons. The number of hydrogen-bond donors (Lipinski definition) is 3.